The number of hydrogen-bond acceptors (Lipinski definition) is 5. The molecule has 0 aliphatic heterocycles. The highest BCUT2D eigenvalue weighted by Gasteiger charge is 2.17. The summed E-state index contributed by atoms with van der Waals surface area (Å²) in [6.07, 6.45) is 1.76. The third kappa shape index (κ3) is 3.09. The summed E-state index contributed by atoms with van der Waals surface area (Å²) < 4.78 is 3.96. The molecule has 0 aliphatic rings. The first-order valence-corrected chi connectivity index (χ1v) is 7.89. The Labute approximate surface area is 127 Å². The molecule has 1 unspecified atom stereocenters. The van der Waals surface area contributed by atoms with Crippen molar-refractivity contribution in [3.05, 3.63) is 52.7 Å². The molecule has 0 aliphatic carbocycles. The standard InChI is InChI=1S/C16H17N3OS/c1-2-5-14-16(21-19-18-14)15(20)10-12-9-8-11-6-3-4-7-13(11)17-12/h3-4,6-9,15,20H,2,5,10H2,1H3. The van der Waals surface area contributed by atoms with Gasteiger partial charge in [0.15, 0.2) is 0 Å². The smallest absolute Gasteiger partial charge is 0.0972 e. The van der Waals surface area contributed by atoms with Crippen LogP contribution >= 0.6 is 11.5 Å². The number of rotatable bonds is 5. The van der Waals surface area contributed by atoms with Crippen LogP contribution in [0.1, 0.15) is 35.7 Å². The molecule has 0 amide bonds. The molecule has 0 fully saturated rings. The van der Waals surface area contributed by atoms with Gasteiger partial charge in [-0.2, -0.15) is 0 Å². The number of hydrogen-bond donors (Lipinski definition) is 1. The summed E-state index contributed by atoms with van der Waals surface area (Å²) in [4.78, 5) is 5.47. The second-order valence-electron chi connectivity index (χ2n) is 5.05. The maximum Gasteiger partial charge on any atom is 0.0972 e. The molecule has 1 aromatic carbocycles. The topological polar surface area (TPSA) is 58.9 Å². The zero-order valence-corrected chi connectivity index (χ0v) is 12.7. The van der Waals surface area contributed by atoms with E-state index in [-0.39, 0.29) is 0 Å². The molecule has 21 heavy (non-hydrogen) atoms. The Balaban J connectivity index is 1.82. The molecule has 0 bridgehead atoms. The normalized spacial score (nSPS) is 12.7. The number of para-hydroxylation sites is 1. The van der Waals surface area contributed by atoms with Crippen molar-refractivity contribution in [2.24, 2.45) is 0 Å². The van der Waals surface area contributed by atoms with Gasteiger partial charge >= 0.3 is 0 Å². The molecule has 1 atom stereocenters. The van der Waals surface area contributed by atoms with E-state index >= 15 is 0 Å². The summed E-state index contributed by atoms with van der Waals surface area (Å²) in [7, 11) is 0. The molecular weight excluding hydrogens is 282 g/mol. The minimum atomic E-state index is -0.583. The minimum Gasteiger partial charge on any atom is -0.387 e. The first-order chi connectivity index (χ1) is 10.3. The van der Waals surface area contributed by atoms with Crippen molar-refractivity contribution in [1.29, 1.82) is 0 Å². The van der Waals surface area contributed by atoms with Gasteiger partial charge in [0.05, 0.1) is 22.2 Å². The highest BCUT2D eigenvalue weighted by atomic mass is 32.1. The first-order valence-electron chi connectivity index (χ1n) is 7.11. The third-order valence-corrected chi connectivity index (χ3v) is 4.30. The Morgan fingerprint density at radius 3 is 2.90 bits per heavy atom. The van der Waals surface area contributed by atoms with E-state index in [1.54, 1.807) is 0 Å². The van der Waals surface area contributed by atoms with Gasteiger partial charge in [-0.1, -0.05) is 42.1 Å². The van der Waals surface area contributed by atoms with Gasteiger partial charge in [-0.3, -0.25) is 4.98 Å². The van der Waals surface area contributed by atoms with Gasteiger partial charge in [-0.15, -0.1) is 5.10 Å². The zero-order valence-electron chi connectivity index (χ0n) is 11.9. The van der Waals surface area contributed by atoms with Gasteiger partial charge in [0.2, 0.25) is 0 Å². The number of aliphatic hydroxyl groups excluding tert-OH is 1. The van der Waals surface area contributed by atoms with E-state index < -0.39 is 6.10 Å². The van der Waals surface area contributed by atoms with Crippen LogP contribution < -0.4 is 0 Å². The summed E-state index contributed by atoms with van der Waals surface area (Å²) in [5.74, 6) is 0. The van der Waals surface area contributed by atoms with E-state index in [1.165, 1.54) is 11.5 Å². The van der Waals surface area contributed by atoms with Gasteiger partial charge < -0.3 is 5.11 Å². The summed E-state index contributed by atoms with van der Waals surface area (Å²) in [5, 5.41) is 15.7. The average molecular weight is 299 g/mol. The monoisotopic (exact) mass is 299 g/mol. The predicted molar refractivity (Wildman–Crippen MR) is 84.3 cm³/mol. The van der Waals surface area contributed by atoms with Crippen LogP contribution in [0.15, 0.2) is 36.4 Å². The highest BCUT2D eigenvalue weighted by molar-refractivity contribution is 7.05. The fraction of sp³-hybridized carbons (Fsp3) is 0.312. The van der Waals surface area contributed by atoms with Crippen LogP contribution in [0.25, 0.3) is 10.9 Å². The summed E-state index contributed by atoms with van der Waals surface area (Å²) in [6.45, 7) is 2.10. The molecule has 0 spiro atoms. The van der Waals surface area contributed by atoms with Gasteiger partial charge in [0, 0.05) is 17.5 Å². The maximum atomic E-state index is 10.4. The highest BCUT2D eigenvalue weighted by Crippen LogP contribution is 2.25. The van der Waals surface area contributed by atoms with Crippen molar-refractivity contribution in [1.82, 2.24) is 14.6 Å². The second-order valence-corrected chi connectivity index (χ2v) is 5.83. The van der Waals surface area contributed by atoms with E-state index in [2.05, 4.69) is 21.5 Å². The number of aliphatic hydroxyl groups is 1. The largest absolute Gasteiger partial charge is 0.387 e. The van der Waals surface area contributed by atoms with Gasteiger partial charge in [0.1, 0.15) is 0 Å². The molecule has 3 rings (SSSR count). The maximum absolute atomic E-state index is 10.4. The number of benzene rings is 1. The van der Waals surface area contributed by atoms with Crippen LogP contribution in [0, 0.1) is 0 Å². The van der Waals surface area contributed by atoms with Gasteiger partial charge in [0.25, 0.3) is 0 Å². The Bertz CT molecular complexity index is 741. The molecule has 1 N–H and O–H groups in total. The molecule has 2 heterocycles. The number of aromatic nitrogens is 3. The minimum absolute atomic E-state index is 0.491. The Hall–Kier alpha value is -1.85. The van der Waals surface area contributed by atoms with Crippen molar-refractivity contribution in [3.8, 4) is 0 Å². The Morgan fingerprint density at radius 1 is 1.19 bits per heavy atom. The van der Waals surface area contributed by atoms with E-state index in [0.717, 1.165) is 40.0 Å². The van der Waals surface area contributed by atoms with Crippen LogP contribution in [0.4, 0.5) is 0 Å². The van der Waals surface area contributed by atoms with Gasteiger partial charge in [-0.25, -0.2) is 0 Å². The predicted octanol–water partition coefficient (Wildman–Crippen LogP) is 3.31. The lowest BCUT2D eigenvalue weighted by molar-refractivity contribution is 0.180. The van der Waals surface area contributed by atoms with Gasteiger partial charge in [-0.05, 0) is 30.1 Å². The molecular formula is C16H17N3OS. The van der Waals surface area contributed by atoms with Crippen molar-refractivity contribution < 1.29 is 5.11 Å². The molecule has 0 saturated carbocycles. The lowest BCUT2D eigenvalue weighted by Crippen LogP contribution is -2.04. The van der Waals surface area contributed by atoms with E-state index in [1.807, 2.05) is 36.4 Å². The van der Waals surface area contributed by atoms with Crippen molar-refractivity contribution >= 4 is 22.4 Å². The first kappa shape index (κ1) is 14.1. The molecule has 2 aromatic heterocycles. The van der Waals surface area contributed by atoms with Crippen LogP contribution in [0.2, 0.25) is 0 Å². The van der Waals surface area contributed by atoms with Crippen molar-refractivity contribution in [2.75, 3.05) is 0 Å². The summed E-state index contributed by atoms with van der Waals surface area (Å²) >= 11 is 1.28. The van der Waals surface area contributed by atoms with Crippen LogP contribution in [-0.2, 0) is 12.8 Å². The quantitative estimate of drug-likeness (QED) is 0.785. The molecule has 3 aromatic rings. The molecule has 4 nitrogen and oxygen atoms in total. The zero-order chi connectivity index (χ0) is 14.7. The van der Waals surface area contributed by atoms with Crippen LogP contribution in [-0.4, -0.2) is 19.7 Å². The van der Waals surface area contributed by atoms with Crippen molar-refractivity contribution in [2.45, 2.75) is 32.3 Å². The number of nitrogens with zero attached hydrogens (tertiary/aromatic N) is 3. The molecule has 108 valence electrons. The number of fused-ring (bicyclic) bond motifs is 1. The fourth-order valence-electron chi connectivity index (χ4n) is 2.39. The Kier molecular flexibility index (Phi) is 4.22. The summed E-state index contributed by atoms with van der Waals surface area (Å²) in [5.41, 5.74) is 2.76. The van der Waals surface area contributed by atoms with E-state index in [9.17, 15) is 5.11 Å². The average Bonchev–Trinajstić information content (AvgIpc) is 2.96. The molecule has 0 radical (unpaired) electrons. The second kappa shape index (κ2) is 6.28. The summed E-state index contributed by atoms with van der Waals surface area (Å²) in [6, 6.07) is 12.0. The number of aryl methyl sites for hydroxylation is 1. The van der Waals surface area contributed by atoms with Crippen molar-refractivity contribution in [3.63, 3.8) is 0 Å². The van der Waals surface area contributed by atoms with Crippen LogP contribution in [0.5, 0.6) is 0 Å². The Morgan fingerprint density at radius 2 is 2.05 bits per heavy atom. The lowest BCUT2D eigenvalue weighted by Gasteiger charge is -2.09. The van der Waals surface area contributed by atoms with Crippen LogP contribution in [0.3, 0.4) is 0 Å². The lowest BCUT2D eigenvalue weighted by atomic mass is 10.1. The molecule has 5 heteroatoms. The van der Waals surface area contributed by atoms with E-state index in [4.69, 9.17) is 0 Å². The van der Waals surface area contributed by atoms with E-state index in [0.29, 0.717) is 6.42 Å². The fourth-order valence-corrected chi connectivity index (χ4v) is 3.07. The number of pyridine rings is 1. The molecule has 0 saturated heterocycles. The SMILES string of the molecule is CCCc1nnsc1C(O)Cc1ccc2ccccc2n1. The third-order valence-electron chi connectivity index (χ3n) is 3.43.